The first-order chi connectivity index (χ1) is 9.30. The van der Waals surface area contributed by atoms with Crippen LogP contribution in [0.4, 0.5) is 5.82 Å². The maximum atomic E-state index is 12.3. The number of anilines is 1. The smallest absolute Gasteiger partial charge is 0.246 e. The zero-order valence-corrected chi connectivity index (χ0v) is 13.6. The topological polar surface area (TPSA) is 90.0 Å². The van der Waals surface area contributed by atoms with Gasteiger partial charge in [0.1, 0.15) is 4.90 Å². The van der Waals surface area contributed by atoms with Crippen molar-refractivity contribution in [1.29, 1.82) is 0 Å². The van der Waals surface area contributed by atoms with Gasteiger partial charge in [-0.25, -0.2) is 13.1 Å². The average Bonchev–Trinajstić information content (AvgIpc) is 2.70. The van der Waals surface area contributed by atoms with E-state index < -0.39 is 10.0 Å². The van der Waals surface area contributed by atoms with Crippen molar-refractivity contribution in [2.75, 3.05) is 5.73 Å². The molecule has 0 aliphatic heterocycles. The van der Waals surface area contributed by atoms with E-state index in [0.717, 1.165) is 19.3 Å². The maximum Gasteiger partial charge on any atom is 0.246 e. The second kappa shape index (κ2) is 7.08. The highest BCUT2D eigenvalue weighted by molar-refractivity contribution is 7.89. The van der Waals surface area contributed by atoms with Gasteiger partial charge in [-0.15, -0.1) is 0 Å². The number of hydrogen-bond donors (Lipinski definition) is 2. The summed E-state index contributed by atoms with van der Waals surface area (Å²) >= 11 is 0. The summed E-state index contributed by atoms with van der Waals surface area (Å²) in [7, 11) is -3.60. The Balaban J connectivity index is 2.83. The highest BCUT2D eigenvalue weighted by Gasteiger charge is 2.23. The Morgan fingerprint density at radius 2 is 2.05 bits per heavy atom. The molecule has 7 heteroatoms. The van der Waals surface area contributed by atoms with E-state index in [9.17, 15) is 8.42 Å². The highest BCUT2D eigenvalue weighted by Crippen LogP contribution is 2.18. The number of rotatable bonds is 8. The molecule has 0 bridgehead atoms. The molecule has 2 unspecified atom stereocenters. The van der Waals surface area contributed by atoms with Crippen LogP contribution in [0.3, 0.4) is 0 Å². The molecular weight excluding hydrogens is 276 g/mol. The molecule has 0 saturated carbocycles. The molecule has 6 nitrogen and oxygen atoms in total. The number of nitrogens with two attached hydrogens (primary N) is 1. The van der Waals surface area contributed by atoms with Crippen LogP contribution >= 0.6 is 0 Å². The molecule has 1 aromatic rings. The molecule has 0 saturated heterocycles. The standard InChI is InChI=1S/C13H26N4O2S/c1-5-7-17-9-12(13(14)15-17)20(18,19)16-11(4)8-10(3)6-2/h9-11,16H,5-8H2,1-4H3,(H2,14,15). The normalized spacial score (nSPS) is 15.2. The van der Waals surface area contributed by atoms with Crippen molar-refractivity contribution >= 4 is 15.8 Å². The van der Waals surface area contributed by atoms with E-state index in [1.165, 1.54) is 6.20 Å². The van der Waals surface area contributed by atoms with Crippen LogP contribution in [0, 0.1) is 5.92 Å². The van der Waals surface area contributed by atoms with Gasteiger partial charge in [-0.2, -0.15) is 5.10 Å². The van der Waals surface area contributed by atoms with Crippen LogP contribution in [0.25, 0.3) is 0 Å². The fourth-order valence-corrected chi connectivity index (χ4v) is 3.44. The molecule has 2 atom stereocenters. The van der Waals surface area contributed by atoms with Gasteiger partial charge in [0.15, 0.2) is 5.82 Å². The number of aromatic nitrogens is 2. The lowest BCUT2D eigenvalue weighted by atomic mass is 10.0. The summed E-state index contributed by atoms with van der Waals surface area (Å²) in [5.41, 5.74) is 5.71. The van der Waals surface area contributed by atoms with E-state index in [4.69, 9.17) is 5.73 Å². The zero-order chi connectivity index (χ0) is 15.3. The van der Waals surface area contributed by atoms with Gasteiger partial charge in [-0.05, 0) is 25.7 Å². The third-order valence-corrected chi connectivity index (χ3v) is 4.91. The molecular formula is C13H26N4O2S. The summed E-state index contributed by atoms with van der Waals surface area (Å²) in [5, 5.41) is 4.03. The van der Waals surface area contributed by atoms with Crippen LogP contribution in [0.2, 0.25) is 0 Å². The number of nitrogens with zero attached hydrogens (tertiary/aromatic N) is 2. The van der Waals surface area contributed by atoms with E-state index in [1.54, 1.807) is 4.68 Å². The zero-order valence-electron chi connectivity index (χ0n) is 12.8. The first kappa shape index (κ1) is 17.0. The molecule has 0 fully saturated rings. The predicted octanol–water partition coefficient (Wildman–Crippen LogP) is 1.98. The Hall–Kier alpha value is -1.08. The summed E-state index contributed by atoms with van der Waals surface area (Å²) in [4.78, 5) is 0.0713. The number of nitrogen functional groups attached to an aromatic ring is 1. The fourth-order valence-electron chi connectivity index (χ4n) is 2.12. The first-order valence-corrected chi connectivity index (χ1v) is 8.63. The lowest BCUT2D eigenvalue weighted by molar-refractivity contribution is 0.445. The quantitative estimate of drug-likeness (QED) is 0.768. The molecule has 0 aromatic carbocycles. The van der Waals surface area contributed by atoms with Crippen LogP contribution < -0.4 is 10.5 Å². The first-order valence-electron chi connectivity index (χ1n) is 7.15. The van der Waals surface area contributed by atoms with Crippen molar-refractivity contribution in [3.63, 3.8) is 0 Å². The van der Waals surface area contributed by atoms with E-state index in [0.29, 0.717) is 12.5 Å². The minimum Gasteiger partial charge on any atom is -0.381 e. The van der Waals surface area contributed by atoms with E-state index in [1.807, 2.05) is 13.8 Å². The van der Waals surface area contributed by atoms with Gasteiger partial charge < -0.3 is 5.73 Å². The van der Waals surface area contributed by atoms with E-state index in [2.05, 4.69) is 23.7 Å². The average molecular weight is 302 g/mol. The molecule has 1 aromatic heterocycles. The Morgan fingerprint density at radius 1 is 1.40 bits per heavy atom. The van der Waals surface area contributed by atoms with Gasteiger partial charge in [0.05, 0.1) is 0 Å². The molecule has 0 aliphatic carbocycles. The Kier molecular flexibility index (Phi) is 6.01. The Labute approximate surface area is 121 Å². The van der Waals surface area contributed by atoms with Crippen molar-refractivity contribution in [1.82, 2.24) is 14.5 Å². The van der Waals surface area contributed by atoms with Gasteiger partial charge in [0.25, 0.3) is 0 Å². The Bertz CT molecular complexity index is 524. The molecule has 0 spiro atoms. The highest BCUT2D eigenvalue weighted by atomic mass is 32.2. The molecule has 3 N–H and O–H groups in total. The van der Waals surface area contributed by atoms with Crippen LogP contribution in [0.15, 0.2) is 11.1 Å². The van der Waals surface area contributed by atoms with Crippen LogP contribution in [0.1, 0.15) is 47.0 Å². The molecule has 1 rings (SSSR count). The predicted molar refractivity (Wildman–Crippen MR) is 80.8 cm³/mol. The lowest BCUT2D eigenvalue weighted by Gasteiger charge is -2.17. The van der Waals surface area contributed by atoms with E-state index >= 15 is 0 Å². The fraction of sp³-hybridized carbons (Fsp3) is 0.769. The third-order valence-electron chi connectivity index (χ3n) is 3.31. The van der Waals surface area contributed by atoms with Crippen LogP contribution in [-0.2, 0) is 16.6 Å². The molecule has 1 heterocycles. The monoisotopic (exact) mass is 302 g/mol. The SMILES string of the molecule is CCCn1cc(S(=O)(=O)NC(C)CC(C)CC)c(N)n1. The number of hydrogen-bond acceptors (Lipinski definition) is 4. The number of nitrogens with one attached hydrogen (secondary N) is 1. The summed E-state index contributed by atoms with van der Waals surface area (Å²) in [5.74, 6) is 0.537. The van der Waals surface area contributed by atoms with Gasteiger partial charge in [-0.1, -0.05) is 27.2 Å². The molecule has 0 amide bonds. The van der Waals surface area contributed by atoms with Crippen molar-refractivity contribution < 1.29 is 8.42 Å². The van der Waals surface area contributed by atoms with Gasteiger partial charge in [-0.3, -0.25) is 4.68 Å². The summed E-state index contributed by atoms with van der Waals surface area (Å²) in [6.45, 7) is 8.73. The second-order valence-corrected chi connectivity index (χ2v) is 7.10. The summed E-state index contributed by atoms with van der Waals surface area (Å²) in [6.07, 6.45) is 4.21. The van der Waals surface area contributed by atoms with Gasteiger partial charge in [0.2, 0.25) is 10.0 Å². The Morgan fingerprint density at radius 3 is 2.60 bits per heavy atom. The van der Waals surface area contributed by atoms with Gasteiger partial charge in [0, 0.05) is 18.8 Å². The van der Waals surface area contributed by atoms with Gasteiger partial charge >= 0.3 is 0 Å². The van der Waals surface area contributed by atoms with Crippen molar-refractivity contribution in [2.45, 2.75) is 64.4 Å². The summed E-state index contributed by atoms with van der Waals surface area (Å²) < 4.78 is 28.9. The molecule has 20 heavy (non-hydrogen) atoms. The third kappa shape index (κ3) is 4.49. The lowest BCUT2D eigenvalue weighted by Crippen LogP contribution is -2.34. The molecule has 116 valence electrons. The molecule has 0 radical (unpaired) electrons. The number of aryl methyl sites for hydroxylation is 1. The van der Waals surface area contributed by atoms with Crippen molar-refractivity contribution in [3.05, 3.63) is 6.20 Å². The van der Waals surface area contributed by atoms with E-state index in [-0.39, 0.29) is 16.8 Å². The maximum absolute atomic E-state index is 12.3. The minimum absolute atomic E-state index is 0.0571. The largest absolute Gasteiger partial charge is 0.381 e. The minimum atomic E-state index is -3.60. The van der Waals surface area contributed by atoms with Crippen molar-refractivity contribution in [3.8, 4) is 0 Å². The van der Waals surface area contributed by atoms with Crippen molar-refractivity contribution in [2.24, 2.45) is 5.92 Å². The summed E-state index contributed by atoms with van der Waals surface area (Å²) in [6, 6.07) is -0.121. The second-order valence-electron chi connectivity index (χ2n) is 5.41. The van der Waals surface area contributed by atoms with Crippen LogP contribution in [0.5, 0.6) is 0 Å². The van der Waals surface area contributed by atoms with Crippen LogP contribution in [-0.4, -0.2) is 24.2 Å². The number of sulfonamides is 1. The molecule has 0 aliphatic rings.